The molecule has 8 rings (SSSR count). The van der Waals surface area contributed by atoms with Crippen molar-refractivity contribution < 1.29 is 4.42 Å². The van der Waals surface area contributed by atoms with E-state index in [4.69, 9.17) is 19.4 Å². The normalized spacial score (nSPS) is 12.9. The number of aromatic nitrogens is 3. The summed E-state index contributed by atoms with van der Waals surface area (Å²) in [6.07, 6.45) is 8.57. The number of nitrogens with zero attached hydrogens (tertiary/aromatic N) is 4. The van der Waals surface area contributed by atoms with Crippen LogP contribution < -0.4 is 4.90 Å². The lowest BCUT2D eigenvalue weighted by Crippen LogP contribution is -2.17. The van der Waals surface area contributed by atoms with Gasteiger partial charge in [0.05, 0.1) is 0 Å². The molecule has 0 atom stereocenters. The molecule has 2 heterocycles. The van der Waals surface area contributed by atoms with Crippen molar-refractivity contribution in [3.63, 3.8) is 0 Å². The average Bonchev–Trinajstić information content (AvgIpc) is 3.47. The van der Waals surface area contributed by atoms with Gasteiger partial charge in [0.2, 0.25) is 0 Å². The van der Waals surface area contributed by atoms with Crippen LogP contribution in [0.1, 0.15) is 12.8 Å². The summed E-state index contributed by atoms with van der Waals surface area (Å²) in [4.78, 5) is 17.0. The van der Waals surface area contributed by atoms with Gasteiger partial charge in [0.25, 0.3) is 0 Å². The van der Waals surface area contributed by atoms with Crippen LogP contribution in [0, 0.1) is 0 Å². The summed E-state index contributed by atoms with van der Waals surface area (Å²) < 4.78 is 6.43. The van der Waals surface area contributed by atoms with Gasteiger partial charge in [-0.15, -0.1) is 0 Å². The summed E-state index contributed by atoms with van der Waals surface area (Å²) in [5, 5.41) is 2.08. The van der Waals surface area contributed by atoms with Gasteiger partial charge in [-0.3, -0.25) is 0 Å². The van der Waals surface area contributed by atoms with Gasteiger partial charge in [-0.2, -0.15) is 0 Å². The van der Waals surface area contributed by atoms with E-state index >= 15 is 0 Å². The Morgan fingerprint density at radius 1 is 0.523 bits per heavy atom. The zero-order valence-corrected chi connectivity index (χ0v) is 24.0. The predicted molar refractivity (Wildman–Crippen MR) is 178 cm³/mol. The first kappa shape index (κ1) is 25.9. The Balaban J connectivity index is 1.24. The van der Waals surface area contributed by atoms with E-state index in [1.165, 1.54) is 5.70 Å². The van der Waals surface area contributed by atoms with E-state index in [9.17, 15) is 0 Å². The number of allylic oxidation sites excluding steroid dienone is 4. The molecule has 210 valence electrons. The summed E-state index contributed by atoms with van der Waals surface area (Å²) >= 11 is 0. The van der Waals surface area contributed by atoms with E-state index in [1.807, 2.05) is 72.8 Å². The number of para-hydroxylation sites is 1. The lowest BCUT2D eigenvalue weighted by molar-refractivity contribution is 0.669. The van der Waals surface area contributed by atoms with Gasteiger partial charge in [0.1, 0.15) is 11.2 Å². The molecular weight excluding hydrogens is 540 g/mol. The first-order valence-corrected chi connectivity index (χ1v) is 14.8. The average molecular weight is 569 g/mol. The lowest BCUT2D eigenvalue weighted by Gasteiger charge is -2.28. The first-order chi connectivity index (χ1) is 21.8. The maximum Gasteiger partial charge on any atom is 0.164 e. The molecule has 44 heavy (non-hydrogen) atoms. The molecule has 0 radical (unpaired) electrons. The Morgan fingerprint density at radius 2 is 1.16 bits per heavy atom. The molecule has 0 N–H and O–H groups in total. The SMILES string of the molecule is C1=CCCC(N(c2ccccc2)c2ccc3c(c2)oc2ccc(-c4nc(-c5ccccc5)nc(-c5ccccc5)n4)cc23)=C1. The zero-order valence-electron chi connectivity index (χ0n) is 24.0. The Morgan fingerprint density at radius 3 is 1.80 bits per heavy atom. The van der Waals surface area contributed by atoms with Crippen LogP contribution in [0.25, 0.3) is 56.1 Å². The molecule has 1 aliphatic carbocycles. The second-order valence-corrected chi connectivity index (χ2v) is 10.8. The maximum absolute atomic E-state index is 6.43. The summed E-state index contributed by atoms with van der Waals surface area (Å²) in [7, 11) is 0. The molecule has 0 unspecified atom stereocenters. The second kappa shape index (κ2) is 11.1. The van der Waals surface area contributed by atoms with Crippen LogP contribution >= 0.6 is 0 Å². The number of furan rings is 1. The molecule has 0 saturated heterocycles. The van der Waals surface area contributed by atoms with E-state index in [0.717, 1.165) is 62.8 Å². The fraction of sp³-hybridized carbons (Fsp3) is 0.0513. The molecule has 0 bridgehead atoms. The fourth-order valence-corrected chi connectivity index (χ4v) is 5.82. The predicted octanol–water partition coefficient (Wildman–Crippen LogP) is 10.1. The maximum atomic E-state index is 6.43. The minimum absolute atomic E-state index is 0.623. The van der Waals surface area contributed by atoms with Crippen molar-refractivity contribution in [2.45, 2.75) is 12.8 Å². The van der Waals surface area contributed by atoms with Crippen LogP contribution in [-0.4, -0.2) is 15.0 Å². The van der Waals surface area contributed by atoms with E-state index < -0.39 is 0 Å². The van der Waals surface area contributed by atoms with Crippen LogP contribution in [0.3, 0.4) is 0 Å². The number of anilines is 2. The molecular formula is C39H28N4O. The molecule has 0 fully saturated rings. The standard InChI is InChI=1S/C39H28N4O/c1-5-13-27(14-6-1)37-40-38(28-15-7-2-8-16-28)42-39(41-37)29-21-24-35-34(25-29)33-23-22-32(26-36(33)44-35)43(30-17-9-3-10-18-30)31-19-11-4-12-20-31/h1-11,13-19,21-26H,12,20H2. The van der Waals surface area contributed by atoms with Crippen molar-refractivity contribution >= 4 is 33.3 Å². The van der Waals surface area contributed by atoms with Crippen LogP contribution in [0.4, 0.5) is 11.4 Å². The van der Waals surface area contributed by atoms with Crippen molar-refractivity contribution in [3.8, 4) is 34.2 Å². The molecule has 0 spiro atoms. The lowest BCUT2D eigenvalue weighted by atomic mass is 10.1. The topological polar surface area (TPSA) is 55.1 Å². The van der Waals surface area contributed by atoms with Crippen molar-refractivity contribution in [1.82, 2.24) is 15.0 Å². The molecule has 5 aromatic carbocycles. The third-order valence-corrected chi connectivity index (χ3v) is 7.96. The van der Waals surface area contributed by atoms with Crippen LogP contribution in [-0.2, 0) is 0 Å². The molecule has 0 saturated carbocycles. The van der Waals surface area contributed by atoms with E-state index in [0.29, 0.717) is 17.5 Å². The Kier molecular flexibility index (Phi) is 6.54. The quantitative estimate of drug-likeness (QED) is 0.200. The molecule has 7 aromatic rings. The van der Waals surface area contributed by atoms with Crippen LogP contribution in [0.5, 0.6) is 0 Å². The smallest absolute Gasteiger partial charge is 0.164 e. The monoisotopic (exact) mass is 568 g/mol. The molecule has 0 amide bonds. The highest BCUT2D eigenvalue weighted by atomic mass is 16.3. The van der Waals surface area contributed by atoms with Crippen molar-refractivity contribution in [3.05, 3.63) is 151 Å². The van der Waals surface area contributed by atoms with Crippen molar-refractivity contribution in [2.75, 3.05) is 4.90 Å². The van der Waals surface area contributed by atoms with Gasteiger partial charge in [0, 0.05) is 50.6 Å². The highest BCUT2D eigenvalue weighted by Gasteiger charge is 2.18. The highest BCUT2D eigenvalue weighted by Crippen LogP contribution is 2.38. The summed E-state index contributed by atoms with van der Waals surface area (Å²) in [5.74, 6) is 1.91. The minimum atomic E-state index is 0.623. The number of fused-ring (bicyclic) bond motifs is 3. The molecule has 2 aromatic heterocycles. The third kappa shape index (κ3) is 4.84. The summed E-state index contributed by atoms with van der Waals surface area (Å²) in [6.45, 7) is 0. The van der Waals surface area contributed by atoms with Gasteiger partial charge < -0.3 is 9.32 Å². The van der Waals surface area contributed by atoms with E-state index in [2.05, 4.69) is 77.7 Å². The fourth-order valence-electron chi connectivity index (χ4n) is 5.82. The molecule has 0 aliphatic heterocycles. The zero-order chi connectivity index (χ0) is 29.3. The van der Waals surface area contributed by atoms with Crippen LogP contribution in [0.15, 0.2) is 156 Å². The third-order valence-electron chi connectivity index (χ3n) is 7.96. The second-order valence-electron chi connectivity index (χ2n) is 10.8. The summed E-state index contributed by atoms with van der Waals surface area (Å²) in [5.41, 5.74) is 7.93. The van der Waals surface area contributed by atoms with Crippen LogP contribution in [0.2, 0.25) is 0 Å². The van der Waals surface area contributed by atoms with Gasteiger partial charge >= 0.3 is 0 Å². The molecule has 5 heteroatoms. The van der Waals surface area contributed by atoms with E-state index in [1.54, 1.807) is 0 Å². The number of benzene rings is 5. The highest BCUT2D eigenvalue weighted by molar-refractivity contribution is 6.07. The van der Waals surface area contributed by atoms with Gasteiger partial charge in [-0.1, -0.05) is 91.0 Å². The Hall–Kier alpha value is -5.81. The summed E-state index contributed by atoms with van der Waals surface area (Å²) in [6, 6.07) is 43.3. The molecule has 1 aliphatic rings. The van der Waals surface area contributed by atoms with Gasteiger partial charge in [0.15, 0.2) is 17.5 Å². The Bertz CT molecular complexity index is 2110. The van der Waals surface area contributed by atoms with Gasteiger partial charge in [-0.05, 0) is 61.4 Å². The first-order valence-electron chi connectivity index (χ1n) is 14.8. The molecule has 5 nitrogen and oxygen atoms in total. The van der Waals surface area contributed by atoms with Crippen molar-refractivity contribution in [1.29, 1.82) is 0 Å². The number of hydrogen-bond acceptors (Lipinski definition) is 5. The van der Waals surface area contributed by atoms with Crippen molar-refractivity contribution in [2.24, 2.45) is 0 Å². The van der Waals surface area contributed by atoms with E-state index in [-0.39, 0.29) is 0 Å². The Labute approximate surface area is 255 Å². The van der Waals surface area contributed by atoms with Gasteiger partial charge in [-0.25, -0.2) is 15.0 Å². The number of rotatable bonds is 6. The minimum Gasteiger partial charge on any atom is -0.456 e. The largest absolute Gasteiger partial charge is 0.456 e. The number of hydrogen-bond donors (Lipinski definition) is 0.